The maximum absolute atomic E-state index is 11.6. The van der Waals surface area contributed by atoms with Crippen molar-refractivity contribution in [3.8, 4) is 0 Å². The van der Waals surface area contributed by atoms with Gasteiger partial charge in [0.05, 0.1) is 18.6 Å². The van der Waals surface area contributed by atoms with Crippen molar-refractivity contribution in [3.05, 3.63) is 24.3 Å². The fourth-order valence-electron chi connectivity index (χ4n) is 2.97. The number of carbonyl (C=O) groups is 2. The summed E-state index contributed by atoms with van der Waals surface area (Å²) in [6.07, 6.45) is 10.5. The maximum Gasteiger partial charge on any atom is 0.309 e. The highest BCUT2D eigenvalue weighted by Crippen LogP contribution is 2.27. The van der Waals surface area contributed by atoms with Crippen LogP contribution in [0.15, 0.2) is 24.3 Å². The highest BCUT2D eigenvalue weighted by molar-refractivity contribution is 5.71. The quantitative estimate of drug-likeness (QED) is 0.308. The van der Waals surface area contributed by atoms with Crippen molar-refractivity contribution < 1.29 is 29.6 Å². The van der Waals surface area contributed by atoms with E-state index in [1.54, 1.807) is 12.2 Å². The molecule has 1 heterocycles. The lowest BCUT2D eigenvalue weighted by Crippen LogP contribution is -2.41. The molecule has 0 aliphatic carbocycles. The first kappa shape index (κ1) is 22.4. The van der Waals surface area contributed by atoms with Gasteiger partial charge in [0.15, 0.2) is 0 Å². The topological polar surface area (TPSA) is 107 Å². The van der Waals surface area contributed by atoms with Gasteiger partial charge in [0.1, 0.15) is 6.10 Å². The van der Waals surface area contributed by atoms with Crippen LogP contribution >= 0.6 is 0 Å². The first-order valence-corrected chi connectivity index (χ1v) is 9.52. The Balaban J connectivity index is 2.54. The van der Waals surface area contributed by atoms with Gasteiger partial charge in [-0.25, -0.2) is 0 Å². The van der Waals surface area contributed by atoms with E-state index in [9.17, 15) is 24.9 Å². The Labute approximate surface area is 155 Å². The molecule has 148 valence electrons. The Morgan fingerprint density at radius 3 is 2.81 bits per heavy atom. The number of esters is 1. The molecule has 0 unspecified atom stereocenters. The van der Waals surface area contributed by atoms with E-state index in [-0.39, 0.29) is 18.8 Å². The van der Waals surface area contributed by atoms with Gasteiger partial charge in [0, 0.05) is 11.9 Å². The zero-order valence-corrected chi connectivity index (χ0v) is 15.5. The normalized spacial score (nSPS) is 24.9. The number of carbonyl (C=O) groups excluding carboxylic acids is 2. The van der Waals surface area contributed by atoms with Crippen LogP contribution in [0.4, 0.5) is 0 Å². The summed E-state index contributed by atoms with van der Waals surface area (Å²) in [6.45, 7) is 2.10. The molecule has 0 spiro atoms. The van der Waals surface area contributed by atoms with Crippen LogP contribution in [0.3, 0.4) is 0 Å². The molecule has 0 aromatic heterocycles. The number of allylic oxidation sites excluding steroid dienone is 2. The predicted octanol–water partition coefficient (Wildman–Crippen LogP) is 1.64. The molecule has 0 radical (unpaired) electrons. The first-order chi connectivity index (χ1) is 12.4. The number of aliphatic hydroxyl groups is 2. The number of hydrogen-bond acceptors (Lipinski definition) is 6. The van der Waals surface area contributed by atoms with Gasteiger partial charge in [0.2, 0.25) is 0 Å². The summed E-state index contributed by atoms with van der Waals surface area (Å²) in [5, 5.41) is 30.6. The van der Waals surface area contributed by atoms with Gasteiger partial charge in [-0.05, 0) is 38.2 Å². The van der Waals surface area contributed by atoms with Crippen molar-refractivity contribution in [3.63, 3.8) is 0 Å². The van der Waals surface area contributed by atoms with Crippen molar-refractivity contribution in [1.29, 1.82) is 0 Å². The number of hydrogen-bond donors (Lipinski definition) is 2. The minimum Gasteiger partial charge on any atom is -0.550 e. The molecule has 0 aromatic carbocycles. The molecule has 26 heavy (non-hydrogen) atoms. The lowest BCUT2D eigenvalue weighted by molar-refractivity contribution is -0.305. The van der Waals surface area contributed by atoms with E-state index in [2.05, 4.69) is 6.92 Å². The molecule has 1 fully saturated rings. The zero-order valence-electron chi connectivity index (χ0n) is 15.5. The second-order valence-electron chi connectivity index (χ2n) is 6.81. The monoisotopic (exact) mass is 367 g/mol. The summed E-state index contributed by atoms with van der Waals surface area (Å²) in [5.41, 5.74) is 0. The average Bonchev–Trinajstić information content (AvgIpc) is 2.57. The van der Waals surface area contributed by atoms with Crippen LogP contribution in [-0.2, 0) is 14.3 Å². The van der Waals surface area contributed by atoms with Gasteiger partial charge < -0.3 is 24.9 Å². The smallest absolute Gasteiger partial charge is 0.309 e. The molecular formula is C20H31O6-. The van der Waals surface area contributed by atoms with E-state index in [0.717, 1.165) is 19.3 Å². The van der Waals surface area contributed by atoms with E-state index in [4.69, 9.17) is 4.74 Å². The predicted molar refractivity (Wildman–Crippen MR) is 95.9 cm³/mol. The number of cyclic esters (lactones) is 1. The molecule has 1 saturated heterocycles. The van der Waals surface area contributed by atoms with E-state index >= 15 is 0 Å². The SMILES string of the molecule is CCCCC[C@H](O)/C=C/[C@H]1OC(=O)C[C@H](O)[C@@H]1C/C=C\CCCC(=O)[O-]. The molecular weight excluding hydrogens is 336 g/mol. The third-order valence-corrected chi connectivity index (χ3v) is 4.51. The number of carboxylic acids is 1. The third kappa shape index (κ3) is 9.15. The van der Waals surface area contributed by atoms with Crippen LogP contribution in [0.25, 0.3) is 0 Å². The van der Waals surface area contributed by atoms with E-state index < -0.39 is 30.3 Å². The lowest BCUT2D eigenvalue weighted by Gasteiger charge is -2.32. The summed E-state index contributed by atoms with van der Waals surface area (Å²) in [6, 6.07) is 0. The van der Waals surface area contributed by atoms with Crippen molar-refractivity contribution in [2.75, 3.05) is 0 Å². The molecule has 4 atom stereocenters. The third-order valence-electron chi connectivity index (χ3n) is 4.51. The fourth-order valence-corrected chi connectivity index (χ4v) is 2.97. The molecule has 6 heteroatoms. The van der Waals surface area contributed by atoms with Crippen molar-refractivity contribution in [1.82, 2.24) is 0 Å². The van der Waals surface area contributed by atoms with E-state index in [1.807, 2.05) is 12.2 Å². The molecule has 1 aliphatic rings. The Morgan fingerprint density at radius 2 is 2.12 bits per heavy atom. The second-order valence-corrected chi connectivity index (χ2v) is 6.81. The van der Waals surface area contributed by atoms with Crippen LogP contribution in [0.5, 0.6) is 0 Å². The van der Waals surface area contributed by atoms with Crippen LogP contribution in [0, 0.1) is 5.92 Å². The Bertz CT molecular complexity index is 485. The molecule has 0 aromatic rings. The van der Waals surface area contributed by atoms with Crippen LogP contribution in [0.1, 0.15) is 64.7 Å². The van der Waals surface area contributed by atoms with E-state index in [0.29, 0.717) is 25.7 Å². The Morgan fingerprint density at radius 1 is 1.35 bits per heavy atom. The highest BCUT2D eigenvalue weighted by Gasteiger charge is 2.35. The van der Waals surface area contributed by atoms with Gasteiger partial charge in [-0.3, -0.25) is 4.79 Å². The molecule has 0 bridgehead atoms. The van der Waals surface area contributed by atoms with Gasteiger partial charge in [-0.1, -0.05) is 44.4 Å². The minimum absolute atomic E-state index is 0.0231. The minimum atomic E-state index is -1.06. The average molecular weight is 367 g/mol. The summed E-state index contributed by atoms with van der Waals surface area (Å²) in [7, 11) is 0. The summed E-state index contributed by atoms with van der Waals surface area (Å²) < 4.78 is 5.34. The molecule has 1 aliphatic heterocycles. The maximum atomic E-state index is 11.6. The largest absolute Gasteiger partial charge is 0.550 e. The number of aliphatic carboxylic acids is 1. The van der Waals surface area contributed by atoms with Crippen LogP contribution < -0.4 is 5.11 Å². The Kier molecular flexibility index (Phi) is 10.9. The number of unbranched alkanes of at least 4 members (excludes halogenated alkanes) is 3. The van der Waals surface area contributed by atoms with Crippen molar-refractivity contribution in [2.45, 2.75) is 83.0 Å². The lowest BCUT2D eigenvalue weighted by atomic mass is 9.87. The number of ether oxygens (including phenoxy) is 1. The molecule has 0 saturated carbocycles. The summed E-state index contributed by atoms with van der Waals surface area (Å²) in [5.74, 6) is -1.78. The highest BCUT2D eigenvalue weighted by atomic mass is 16.5. The standard InChI is InChI=1S/C20H32O6/c1-2-3-6-9-15(21)12-13-18-16(17(22)14-20(25)26-18)10-7-4-5-8-11-19(23)24/h4,7,12-13,15-18,21-22H,2-3,5-6,8-11,14H2,1H3,(H,23,24)/p-1/b7-4-,13-12+/t15-,16-,17-,18+/m0/s1. The van der Waals surface area contributed by atoms with E-state index in [1.165, 1.54) is 0 Å². The molecule has 2 N–H and O–H groups in total. The Hall–Kier alpha value is -1.66. The van der Waals surface area contributed by atoms with Gasteiger partial charge >= 0.3 is 5.97 Å². The first-order valence-electron chi connectivity index (χ1n) is 9.52. The second kappa shape index (κ2) is 12.7. The van der Waals surface area contributed by atoms with Gasteiger partial charge in [-0.15, -0.1) is 0 Å². The molecule has 0 amide bonds. The summed E-state index contributed by atoms with van der Waals surface area (Å²) >= 11 is 0. The molecule has 1 rings (SSSR count). The number of rotatable bonds is 12. The fraction of sp³-hybridized carbons (Fsp3) is 0.700. The van der Waals surface area contributed by atoms with Gasteiger partial charge in [0.25, 0.3) is 0 Å². The summed E-state index contributed by atoms with van der Waals surface area (Å²) in [4.78, 5) is 22.0. The van der Waals surface area contributed by atoms with Crippen molar-refractivity contribution in [2.24, 2.45) is 5.92 Å². The zero-order chi connectivity index (χ0) is 19.4. The molecule has 6 nitrogen and oxygen atoms in total. The van der Waals surface area contributed by atoms with Gasteiger partial charge in [-0.2, -0.15) is 0 Å². The van der Waals surface area contributed by atoms with Crippen LogP contribution in [0.2, 0.25) is 0 Å². The van der Waals surface area contributed by atoms with Crippen LogP contribution in [-0.4, -0.2) is 40.5 Å². The number of carboxylic acid groups (broad SMARTS) is 1. The number of aliphatic hydroxyl groups excluding tert-OH is 2. The van der Waals surface area contributed by atoms with Crippen molar-refractivity contribution >= 4 is 11.9 Å².